The minimum Gasteiger partial charge on any atom is -0.467 e. The molecule has 2 saturated heterocycles. The minimum atomic E-state index is -0.897. The Kier molecular flexibility index (Phi) is 10.2. The van der Waals surface area contributed by atoms with Crippen LogP contribution in [-0.2, 0) is 28.6 Å². The third-order valence-corrected chi connectivity index (χ3v) is 5.75. The number of nitrogens with two attached hydrogens (primary N) is 1. The number of amides is 2. The van der Waals surface area contributed by atoms with Gasteiger partial charge in [0.2, 0.25) is 12.3 Å². The summed E-state index contributed by atoms with van der Waals surface area (Å²) in [5.41, 5.74) is 7.28. The van der Waals surface area contributed by atoms with Crippen molar-refractivity contribution in [2.45, 2.75) is 44.9 Å². The molecule has 2 fully saturated rings. The fourth-order valence-electron chi connectivity index (χ4n) is 4.11. The molecule has 2 atom stereocenters. The molecule has 1 spiro atoms. The fraction of sp³-hybridized carbons (Fsp3) is 0.423. The molecule has 2 heterocycles. The summed E-state index contributed by atoms with van der Waals surface area (Å²) >= 11 is 0. The molecule has 0 radical (unpaired) electrons. The summed E-state index contributed by atoms with van der Waals surface area (Å²) in [6, 6.07) is 17.3. The van der Waals surface area contributed by atoms with Gasteiger partial charge in [-0.05, 0) is 23.6 Å². The molecular weight excluding hydrogens is 436 g/mol. The van der Waals surface area contributed by atoms with Crippen molar-refractivity contribution in [3.05, 3.63) is 60.2 Å². The molecule has 8 heteroatoms. The van der Waals surface area contributed by atoms with Gasteiger partial charge in [0, 0.05) is 6.42 Å². The molecule has 8 nitrogen and oxygen atoms in total. The van der Waals surface area contributed by atoms with Gasteiger partial charge in [-0.1, -0.05) is 68.4 Å². The van der Waals surface area contributed by atoms with Crippen molar-refractivity contribution < 1.29 is 28.6 Å². The molecule has 0 bridgehead atoms. The van der Waals surface area contributed by atoms with E-state index in [2.05, 4.69) is 17.9 Å². The van der Waals surface area contributed by atoms with Crippen molar-refractivity contribution in [2.75, 3.05) is 26.9 Å². The molecule has 2 aliphatic rings. The van der Waals surface area contributed by atoms with E-state index >= 15 is 0 Å². The summed E-state index contributed by atoms with van der Waals surface area (Å²) in [5, 5.41) is 0. The van der Waals surface area contributed by atoms with Crippen molar-refractivity contribution in [3.8, 4) is 11.1 Å². The van der Waals surface area contributed by atoms with Gasteiger partial charge in [-0.25, -0.2) is 4.79 Å². The summed E-state index contributed by atoms with van der Waals surface area (Å²) in [7, 11) is 1.33. The van der Waals surface area contributed by atoms with Crippen LogP contribution in [0.2, 0.25) is 0 Å². The van der Waals surface area contributed by atoms with Gasteiger partial charge >= 0.3 is 5.97 Å². The number of hydrogen-bond donors (Lipinski definition) is 1. The normalized spacial score (nSPS) is 18.7. The zero-order valence-electron chi connectivity index (χ0n) is 20.2. The van der Waals surface area contributed by atoms with E-state index in [1.807, 2.05) is 63.2 Å². The average Bonchev–Trinajstić information content (AvgIpc) is 3.51. The van der Waals surface area contributed by atoms with E-state index in [9.17, 15) is 9.59 Å². The minimum absolute atomic E-state index is 0.135. The smallest absolute Gasteiger partial charge is 0.328 e. The molecular formula is C26H34N2O6. The maximum Gasteiger partial charge on any atom is 0.328 e. The van der Waals surface area contributed by atoms with Crippen LogP contribution in [0.3, 0.4) is 0 Å². The highest BCUT2D eigenvalue weighted by atomic mass is 16.7. The molecule has 2 aromatic carbocycles. The number of likely N-dealkylation sites (tertiary alicyclic amines) is 1. The highest BCUT2D eigenvalue weighted by Crippen LogP contribution is 2.37. The van der Waals surface area contributed by atoms with Crippen LogP contribution >= 0.6 is 0 Å². The molecule has 0 aromatic heterocycles. The maximum atomic E-state index is 13.3. The van der Waals surface area contributed by atoms with Crippen LogP contribution in [-0.4, -0.2) is 61.9 Å². The Hall–Kier alpha value is -3.23. The third-order valence-electron chi connectivity index (χ3n) is 5.75. The SMILES string of the molecule is CC.COC(=O)C1CC2(CN1C(=O)C(C)c1ccc(-c3ccccc3)cc1)OCCO2.NC=O. The fourth-order valence-corrected chi connectivity index (χ4v) is 4.11. The molecule has 2 amide bonds. The summed E-state index contributed by atoms with van der Waals surface area (Å²) in [6.07, 6.45) is 0.547. The molecule has 2 aromatic rings. The van der Waals surface area contributed by atoms with E-state index in [1.165, 1.54) is 7.11 Å². The number of ether oxygens (including phenoxy) is 3. The average molecular weight is 471 g/mol. The van der Waals surface area contributed by atoms with E-state index in [1.54, 1.807) is 4.90 Å². The highest BCUT2D eigenvalue weighted by molar-refractivity contribution is 5.89. The van der Waals surface area contributed by atoms with Crippen molar-refractivity contribution in [1.29, 1.82) is 0 Å². The van der Waals surface area contributed by atoms with Crippen LogP contribution in [0.25, 0.3) is 11.1 Å². The van der Waals surface area contributed by atoms with Gasteiger partial charge in [-0.15, -0.1) is 0 Å². The molecule has 0 saturated carbocycles. The van der Waals surface area contributed by atoms with Gasteiger partial charge in [-0.3, -0.25) is 9.59 Å². The monoisotopic (exact) mass is 470 g/mol. The summed E-state index contributed by atoms with van der Waals surface area (Å²) < 4.78 is 16.4. The number of carbonyl (C=O) groups is 3. The standard InChI is InChI=1S/C23H25NO5.C2H6.CH3NO/c1-16(17-8-10-19(11-9-17)18-6-4-3-5-7-18)21(25)24-15-23(28-12-13-29-23)14-20(24)22(26)27-2;1-2;2-1-3/h3-11,16,20H,12-15H2,1-2H3;1-2H3;1H,(H2,2,3). The van der Waals surface area contributed by atoms with Gasteiger partial charge in [0.05, 0.1) is 32.8 Å². The number of benzene rings is 2. The van der Waals surface area contributed by atoms with Gasteiger partial charge in [-0.2, -0.15) is 0 Å². The highest BCUT2D eigenvalue weighted by Gasteiger charge is 2.53. The van der Waals surface area contributed by atoms with Crippen LogP contribution in [0.4, 0.5) is 0 Å². The van der Waals surface area contributed by atoms with Crippen molar-refractivity contribution in [3.63, 3.8) is 0 Å². The summed E-state index contributed by atoms with van der Waals surface area (Å²) in [4.78, 5) is 35.7. The zero-order valence-corrected chi connectivity index (χ0v) is 20.2. The summed E-state index contributed by atoms with van der Waals surface area (Å²) in [5.74, 6) is -1.88. The molecule has 2 unspecified atom stereocenters. The number of primary amides is 1. The lowest BCUT2D eigenvalue weighted by Crippen LogP contribution is -2.43. The number of nitrogens with zero attached hydrogens (tertiary/aromatic N) is 1. The maximum absolute atomic E-state index is 13.3. The molecule has 184 valence electrons. The number of rotatable bonds is 4. The van der Waals surface area contributed by atoms with Crippen molar-refractivity contribution in [2.24, 2.45) is 5.73 Å². The van der Waals surface area contributed by atoms with E-state index in [0.717, 1.165) is 16.7 Å². The van der Waals surface area contributed by atoms with Crippen LogP contribution in [0.1, 0.15) is 38.7 Å². The first-order chi connectivity index (χ1) is 16.4. The topological polar surface area (TPSA) is 108 Å². The quantitative estimate of drug-likeness (QED) is 0.543. The number of carbonyl (C=O) groups excluding carboxylic acids is 3. The second kappa shape index (κ2) is 12.9. The van der Waals surface area contributed by atoms with Crippen molar-refractivity contribution >= 4 is 18.3 Å². The van der Waals surface area contributed by atoms with Gasteiger partial charge in [0.15, 0.2) is 5.79 Å². The number of hydrogen-bond acceptors (Lipinski definition) is 6. The van der Waals surface area contributed by atoms with Crippen molar-refractivity contribution in [1.82, 2.24) is 4.90 Å². The number of esters is 1. The Bertz CT molecular complexity index is 926. The van der Waals surface area contributed by atoms with Crippen LogP contribution in [0, 0.1) is 0 Å². The molecule has 2 N–H and O–H groups in total. The van der Waals surface area contributed by atoms with E-state index < -0.39 is 23.7 Å². The lowest BCUT2D eigenvalue weighted by molar-refractivity contribution is -0.153. The largest absolute Gasteiger partial charge is 0.467 e. The number of methoxy groups -OCH3 is 1. The lowest BCUT2D eigenvalue weighted by atomic mass is 9.96. The third kappa shape index (κ3) is 6.21. The van der Waals surface area contributed by atoms with Crippen LogP contribution < -0.4 is 5.73 Å². The summed E-state index contributed by atoms with van der Waals surface area (Å²) in [6.45, 7) is 7.02. The van der Waals surface area contributed by atoms with Gasteiger partial charge in [0.1, 0.15) is 6.04 Å². The second-order valence-electron chi connectivity index (χ2n) is 7.66. The van der Waals surface area contributed by atoms with Crippen LogP contribution in [0.5, 0.6) is 0 Å². The van der Waals surface area contributed by atoms with Gasteiger partial charge in [0.25, 0.3) is 0 Å². The van der Waals surface area contributed by atoms with Crippen LogP contribution in [0.15, 0.2) is 54.6 Å². The first kappa shape index (κ1) is 27.0. The van der Waals surface area contributed by atoms with E-state index in [-0.39, 0.29) is 18.9 Å². The molecule has 34 heavy (non-hydrogen) atoms. The van der Waals surface area contributed by atoms with E-state index in [4.69, 9.17) is 19.0 Å². The Morgan fingerprint density at radius 2 is 1.59 bits per heavy atom. The Balaban J connectivity index is 0.000000758. The van der Waals surface area contributed by atoms with Gasteiger partial charge < -0.3 is 24.8 Å². The first-order valence-corrected chi connectivity index (χ1v) is 11.4. The lowest BCUT2D eigenvalue weighted by Gasteiger charge is -2.26. The van der Waals surface area contributed by atoms with E-state index in [0.29, 0.717) is 19.6 Å². The molecule has 2 aliphatic heterocycles. The second-order valence-corrected chi connectivity index (χ2v) is 7.66. The molecule has 0 aliphatic carbocycles. The molecule has 4 rings (SSSR count). The Morgan fingerprint density at radius 1 is 1.06 bits per heavy atom. The first-order valence-electron chi connectivity index (χ1n) is 11.4. The predicted molar refractivity (Wildman–Crippen MR) is 129 cm³/mol. The predicted octanol–water partition coefficient (Wildman–Crippen LogP) is 3.10. The Morgan fingerprint density at radius 3 is 2.12 bits per heavy atom. The zero-order chi connectivity index (χ0) is 25.1. The Labute approximate surface area is 201 Å².